The van der Waals surface area contributed by atoms with E-state index < -0.39 is 10.0 Å². The molecule has 6 nitrogen and oxygen atoms in total. The third-order valence-electron chi connectivity index (χ3n) is 5.98. The van der Waals surface area contributed by atoms with E-state index in [9.17, 15) is 13.2 Å². The van der Waals surface area contributed by atoms with Crippen molar-refractivity contribution >= 4 is 15.9 Å². The molecule has 0 saturated carbocycles. The van der Waals surface area contributed by atoms with Crippen LogP contribution in [0.3, 0.4) is 0 Å². The quantitative estimate of drug-likeness (QED) is 0.627. The number of aromatic nitrogens is 1. The van der Waals surface area contributed by atoms with Crippen LogP contribution in [0.2, 0.25) is 0 Å². The van der Waals surface area contributed by atoms with Gasteiger partial charge in [0, 0.05) is 49.8 Å². The Labute approximate surface area is 183 Å². The van der Waals surface area contributed by atoms with Crippen molar-refractivity contribution in [1.29, 1.82) is 0 Å². The molecule has 31 heavy (non-hydrogen) atoms. The average molecular weight is 438 g/mol. The standard InChI is InChI=1S/C24H27N3O3S/c1-18-7-9-22(16-20(18)3)31(29,30)27-14-12-26(13-15-27)24(28)21-8-6-19(2)23(17-21)25-10-4-5-11-25/h4-11,16-17H,12-15H2,1-3H3. The number of piperazine rings is 1. The average Bonchev–Trinajstić information content (AvgIpc) is 3.30. The first-order chi connectivity index (χ1) is 14.8. The predicted octanol–water partition coefficient (Wildman–Crippen LogP) is 3.55. The van der Waals surface area contributed by atoms with E-state index in [-0.39, 0.29) is 19.0 Å². The Morgan fingerprint density at radius 3 is 2.10 bits per heavy atom. The van der Waals surface area contributed by atoms with E-state index >= 15 is 0 Å². The fraction of sp³-hybridized carbons (Fsp3) is 0.292. The number of hydrogen-bond acceptors (Lipinski definition) is 3. The molecule has 1 amide bonds. The normalized spacial score (nSPS) is 15.3. The van der Waals surface area contributed by atoms with Gasteiger partial charge in [0.15, 0.2) is 0 Å². The maximum Gasteiger partial charge on any atom is 0.254 e. The first kappa shape index (κ1) is 21.3. The van der Waals surface area contributed by atoms with Crippen LogP contribution in [0.1, 0.15) is 27.0 Å². The summed E-state index contributed by atoms with van der Waals surface area (Å²) in [5.74, 6) is -0.0726. The minimum Gasteiger partial charge on any atom is -0.336 e. The van der Waals surface area contributed by atoms with E-state index in [1.165, 1.54) is 4.31 Å². The number of benzene rings is 2. The first-order valence-corrected chi connectivity index (χ1v) is 11.8. The summed E-state index contributed by atoms with van der Waals surface area (Å²) in [7, 11) is -3.56. The van der Waals surface area contributed by atoms with E-state index in [0.717, 1.165) is 22.4 Å². The fourth-order valence-electron chi connectivity index (χ4n) is 3.85. The van der Waals surface area contributed by atoms with Crippen LogP contribution in [0.15, 0.2) is 65.8 Å². The lowest BCUT2D eigenvalue weighted by atomic mass is 10.1. The van der Waals surface area contributed by atoms with Gasteiger partial charge in [0.1, 0.15) is 0 Å². The lowest BCUT2D eigenvalue weighted by Gasteiger charge is -2.34. The third kappa shape index (κ3) is 4.16. The Bertz CT molecular complexity index is 1210. The molecule has 0 N–H and O–H groups in total. The summed E-state index contributed by atoms with van der Waals surface area (Å²) in [6, 6.07) is 14.8. The third-order valence-corrected chi connectivity index (χ3v) is 7.88. The molecule has 2 aromatic carbocycles. The molecule has 3 aromatic rings. The van der Waals surface area contributed by atoms with Gasteiger partial charge in [0.25, 0.3) is 5.91 Å². The van der Waals surface area contributed by atoms with Crippen LogP contribution in [0, 0.1) is 20.8 Å². The molecule has 2 heterocycles. The molecule has 0 aliphatic carbocycles. The van der Waals surface area contributed by atoms with E-state index in [1.54, 1.807) is 17.0 Å². The van der Waals surface area contributed by atoms with Gasteiger partial charge < -0.3 is 9.47 Å². The highest BCUT2D eigenvalue weighted by molar-refractivity contribution is 7.89. The highest BCUT2D eigenvalue weighted by Gasteiger charge is 2.30. The van der Waals surface area contributed by atoms with Gasteiger partial charge in [-0.05, 0) is 73.9 Å². The Hall–Kier alpha value is -2.90. The Morgan fingerprint density at radius 1 is 0.806 bits per heavy atom. The monoisotopic (exact) mass is 437 g/mol. The zero-order chi connectivity index (χ0) is 22.2. The molecule has 0 spiro atoms. The number of carbonyl (C=O) groups is 1. The maximum absolute atomic E-state index is 13.1. The number of hydrogen-bond donors (Lipinski definition) is 0. The van der Waals surface area contributed by atoms with Gasteiger partial charge in [-0.3, -0.25) is 4.79 Å². The summed E-state index contributed by atoms with van der Waals surface area (Å²) in [6.45, 7) is 7.21. The summed E-state index contributed by atoms with van der Waals surface area (Å²) in [4.78, 5) is 15.1. The molecule has 0 unspecified atom stereocenters. The fourth-order valence-corrected chi connectivity index (χ4v) is 5.36. The van der Waals surface area contributed by atoms with Gasteiger partial charge in [-0.1, -0.05) is 12.1 Å². The van der Waals surface area contributed by atoms with Crippen molar-refractivity contribution in [2.75, 3.05) is 26.2 Å². The Morgan fingerprint density at radius 2 is 1.45 bits per heavy atom. The van der Waals surface area contributed by atoms with Crippen LogP contribution in [-0.2, 0) is 10.0 Å². The van der Waals surface area contributed by atoms with Gasteiger partial charge >= 0.3 is 0 Å². The number of amides is 1. The number of carbonyl (C=O) groups excluding carboxylic acids is 1. The Balaban J connectivity index is 1.48. The highest BCUT2D eigenvalue weighted by atomic mass is 32.2. The second-order valence-corrected chi connectivity index (χ2v) is 9.97. The number of rotatable bonds is 4. The predicted molar refractivity (Wildman–Crippen MR) is 121 cm³/mol. The van der Waals surface area contributed by atoms with Crippen molar-refractivity contribution in [3.8, 4) is 5.69 Å². The lowest BCUT2D eigenvalue weighted by Crippen LogP contribution is -2.50. The molecule has 0 bridgehead atoms. The van der Waals surface area contributed by atoms with Crippen molar-refractivity contribution < 1.29 is 13.2 Å². The molecule has 1 aliphatic rings. The van der Waals surface area contributed by atoms with Gasteiger partial charge in [-0.25, -0.2) is 8.42 Å². The molecule has 1 fully saturated rings. The lowest BCUT2D eigenvalue weighted by molar-refractivity contribution is 0.0698. The minimum absolute atomic E-state index is 0.0726. The molecule has 162 valence electrons. The van der Waals surface area contributed by atoms with Crippen molar-refractivity contribution in [3.05, 3.63) is 83.2 Å². The van der Waals surface area contributed by atoms with Crippen LogP contribution in [0.25, 0.3) is 5.69 Å². The van der Waals surface area contributed by atoms with Gasteiger partial charge in [-0.15, -0.1) is 0 Å². The van der Waals surface area contributed by atoms with Crippen LogP contribution in [0.4, 0.5) is 0 Å². The Kier molecular flexibility index (Phi) is 5.73. The molecular weight excluding hydrogens is 410 g/mol. The summed E-state index contributed by atoms with van der Waals surface area (Å²) in [5, 5.41) is 0. The molecule has 0 radical (unpaired) electrons. The molecule has 1 saturated heterocycles. The summed E-state index contributed by atoms with van der Waals surface area (Å²) in [6.07, 6.45) is 3.90. The largest absolute Gasteiger partial charge is 0.336 e. The number of sulfonamides is 1. The number of nitrogens with zero attached hydrogens (tertiary/aromatic N) is 3. The van der Waals surface area contributed by atoms with E-state index in [1.807, 2.05) is 74.1 Å². The summed E-state index contributed by atoms with van der Waals surface area (Å²) in [5.41, 5.74) is 4.67. The summed E-state index contributed by atoms with van der Waals surface area (Å²) < 4.78 is 29.5. The van der Waals surface area contributed by atoms with Crippen LogP contribution < -0.4 is 0 Å². The molecule has 1 aromatic heterocycles. The highest BCUT2D eigenvalue weighted by Crippen LogP contribution is 2.22. The first-order valence-electron chi connectivity index (χ1n) is 10.4. The van der Waals surface area contributed by atoms with Crippen molar-refractivity contribution in [1.82, 2.24) is 13.8 Å². The SMILES string of the molecule is Cc1ccc(S(=O)(=O)N2CCN(C(=O)c3ccc(C)c(-n4cccc4)c3)CC2)cc1C. The molecule has 0 atom stereocenters. The molecule has 7 heteroatoms. The zero-order valence-electron chi connectivity index (χ0n) is 18.1. The molecule has 4 rings (SSSR count). The van der Waals surface area contributed by atoms with Crippen LogP contribution in [-0.4, -0.2) is 54.3 Å². The van der Waals surface area contributed by atoms with E-state index in [0.29, 0.717) is 23.5 Å². The van der Waals surface area contributed by atoms with Crippen molar-refractivity contribution in [2.45, 2.75) is 25.7 Å². The number of aryl methyl sites for hydroxylation is 3. The second kappa shape index (κ2) is 8.32. The molecular formula is C24H27N3O3S. The van der Waals surface area contributed by atoms with Crippen molar-refractivity contribution in [2.24, 2.45) is 0 Å². The van der Waals surface area contributed by atoms with Gasteiger partial charge in [-0.2, -0.15) is 4.31 Å². The van der Waals surface area contributed by atoms with Gasteiger partial charge in [0.2, 0.25) is 10.0 Å². The smallest absolute Gasteiger partial charge is 0.254 e. The van der Waals surface area contributed by atoms with Crippen LogP contribution in [0.5, 0.6) is 0 Å². The van der Waals surface area contributed by atoms with Gasteiger partial charge in [0.05, 0.1) is 4.90 Å². The maximum atomic E-state index is 13.1. The molecule has 1 aliphatic heterocycles. The van der Waals surface area contributed by atoms with Crippen LogP contribution >= 0.6 is 0 Å². The minimum atomic E-state index is -3.56. The van der Waals surface area contributed by atoms with Crippen molar-refractivity contribution in [3.63, 3.8) is 0 Å². The van der Waals surface area contributed by atoms with E-state index in [4.69, 9.17) is 0 Å². The zero-order valence-corrected chi connectivity index (χ0v) is 18.9. The summed E-state index contributed by atoms with van der Waals surface area (Å²) >= 11 is 0. The topological polar surface area (TPSA) is 62.6 Å². The second-order valence-electron chi connectivity index (χ2n) is 8.03. The van der Waals surface area contributed by atoms with E-state index in [2.05, 4.69) is 0 Å².